The Morgan fingerprint density at radius 1 is 0.882 bits per heavy atom. The molecular weight excluding hydrogens is 488 g/mol. The predicted molar refractivity (Wildman–Crippen MR) is 141 cm³/mol. The van der Waals surface area contributed by atoms with Crippen molar-refractivity contribution in [3.8, 4) is 0 Å². The minimum absolute atomic E-state index is 0.0575. The molecule has 1 N–H and O–H groups in total. The number of carbonyl (C=O) groups is 2. The van der Waals surface area contributed by atoms with Crippen LogP contribution in [0.3, 0.4) is 0 Å². The Labute approximate surface area is 211 Å². The van der Waals surface area contributed by atoms with E-state index < -0.39 is 6.04 Å². The third-order valence-electron chi connectivity index (χ3n) is 5.82. The van der Waals surface area contributed by atoms with Crippen LogP contribution in [-0.4, -0.2) is 29.3 Å². The highest BCUT2D eigenvalue weighted by Crippen LogP contribution is 2.19. The molecule has 5 heteroatoms. The van der Waals surface area contributed by atoms with E-state index in [9.17, 15) is 9.59 Å². The van der Waals surface area contributed by atoms with E-state index in [0.717, 1.165) is 26.7 Å². The smallest absolute Gasteiger partial charge is 0.243 e. The second-order valence-corrected chi connectivity index (χ2v) is 10.0. The number of amides is 2. The van der Waals surface area contributed by atoms with Crippen LogP contribution in [0.2, 0.25) is 0 Å². The Morgan fingerprint density at radius 3 is 2.18 bits per heavy atom. The van der Waals surface area contributed by atoms with E-state index in [2.05, 4.69) is 35.1 Å². The molecule has 1 atom stereocenters. The van der Waals surface area contributed by atoms with Gasteiger partial charge >= 0.3 is 0 Å². The number of aryl methyl sites for hydroxylation is 1. The number of halogens is 1. The molecule has 0 aliphatic carbocycles. The fourth-order valence-electron chi connectivity index (χ4n) is 3.84. The van der Waals surface area contributed by atoms with Gasteiger partial charge in [0.05, 0.1) is 6.42 Å². The van der Waals surface area contributed by atoms with E-state index in [1.807, 2.05) is 85.8 Å². The number of carbonyl (C=O) groups excluding carboxylic acids is 2. The van der Waals surface area contributed by atoms with Crippen molar-refractivity contribution in [2.75, 3.05) is 6.54 Å². The molecular formula is C29H33BrN2O2. The average Bonchev–Trinajstić information content (AvgIpc) is 2.83. The zero-order chi connectivity index (χ0) is 24.5. The summed E-state index contributed by atoms with van der Waals surface area (Å²) < 4.78 is 0.976. The SMILES string of the molecule is Cc1ccccc1CC(=O)N(Cc1ccc(Br)cc1)C(Cc1ccccc1)C(=O)NCC(C)C. The largest absolute Gasteiger partial charge is 0.354 e. The molecule has 3 aromatic carbocycles. The molecule has 0 saturated carbocycles. The van der Waals surface area contributed by atoms with Crippen LogP contribution in [0, 0.1) is 12.8 Å². The van der Waals surface area contributed by atoms with Gasteiger partial charge < -0.3 is 10.2 Å². The van der Waals surface area contributed by atoms with Gasteiger partial charge in [-0.1, -0.05) is 96.5 Å². The van der Waals surface area contributed by atoms with Gasteiger partial charge in [0, 0.05) is 24.0 Å². The Morgan fingerprint density at radius 2 is 1.53 bits per heavy atom. The van der Waals surface area contributed by atoms with Crippen molar-refractivity contribution >= 4 is 27.7 Å². The zero-order valence-electron chi connectivity index (χ0n) is 20.1. The van der Waals surface area contributed by atoms with E-state index >= 15 is 0 Å². The van der Waals surface area contributed by atoms with Gasteiger partial charge in [0.1, 0.15) is 6.04 Å². The highest BCUT2D eigenvalue weighted by molar-refractivity contribution is 9.10. The maximum absolute atomic E-state index is 13.7. The molecule has 3 rings (SSSR count). The molecule has 3 aromatic rings. The lowest BCUT2D eigenvalue weighted by Gasteiger charge is -2.32. The van der Waals surface area contributed by atoms with Gasteiger partial charge in [-0.3, -0.25) is 9.59 Å². The summed E-state index contributed by atoms with van der Waals surface area (Å²) >= 11 is 3.48. The third kappa shape index (κ3) is 7.56. The first-order chi connectivity index (χ1) is 16.3. The van der Waals surface area contributed by atoms with E-state index in [1.165, 1.54) is 0 Å². The quantitative estimate of drug-likeness (QED) is 0.372. The van der Waals surface area contributed by atoms with Crippen LogP contribution in [0.25, 0.3) is 0 Å². The van der Waals surface area contributed by atoms with Gasteiger partial charge in [-0.2, -0.15) is 0 Å². The highest BCUT2D eigenvalue weighted by Gasteiger charge is 2.30. The third-order valence-corrected chi connectivity index (χ3v) is 6.35. The first-order valence-electron chi connectivity index (χ1n) is 11.7. The summed E-state index contributed by atoms with van der Waals surface area (Å²) in [5, 5.41) is 3.07. The lowest BCUT2D eigenvalue weighted by atomic mass is 10.00. The fourth-order valence-corrected chi connectivity index (χ4v) is 4.10. The van der Waals surface area contributed by atoms with Crippen molar-refractivity contribution in [2.45, 2.75) is 46.2 Å². The minimum atomic E-state index is -0.610. The molecule has 0 bridgehead atoms. The minimum Gasteiger partial charge on any atom is -0.354 e. The first kappa shape index (κ1) is 25.7. The lowest BCUT2D eigenvalue weighted by Crippen LogP contribution is -2.51. The van der Waals surface area contributed by atoms with Crippen LogP contribution < -0.4 is 5.32 Å². The first-order valence-corrected chi connectivity index (χ1v) is 12.5. The van der Waals surface area contributed by atoms with Gasteiger partial charge in [0.25, 0.3) is 0 Å². The van der Waals surface area contributed by atoms with Crippen molar-refractivity contribution in [1.29, 1.82) is 0 Å². The number of nitrogens with one attached hydrogen (secondary N) is 1. The van der Waals surface area contributed by atoms with Crippen LogP contribution >= 0.6 is 15.9 Å². The van der Waals surface area contributed by atoms with E-state index in [-0.39, 0.29) is 18.2 Å². The molecule has 0 aromatic heterocycles. The molecule has 4 nitrogen and oxygen atoms in total. The Balaban J connectivity index is 1.96. The van der Waals surface area contributed by atoms with Gasteiger partial charge in [-0.25, -0.2) is 0 Å². The molecule has 0 heterocycles. The topological polar surface area (TPSA) is 49.4 Å². The summed E-state index contributed by atoms with van der Waals surface area (Å²) in [5.41, 5.74) is 4.06. The Bertz CT molecular complexity index is 1080. The van der Waals surface area contributed by atoms with Crippen LogP contribution in [0.4, 0.5) is 0 Å². The molecule has 0 fully saturated rings. The molecule has 34 heavy (non-hydrogen) atoms. The van der Waals surface area contributed by atoms with Crippen LogP contribution in [0.5, 0.6) is 0 Å². The molecule has 0 radical (unpaired) electrons. The maximum Gasteiger partial charge on any atom is 0.243 e. The molecule has 0 spiro atoms. The molecule has 1 unspecified atom stereocenters. The molecule has 178 valence electrons. The Kier molecular flexibility index (Phi) is 9.46. The van der Waals surface area contributed by atoms with Crippen molar-refractivity contribution in [2.24, 2.45) is 5.92 Å². The maximum atomic E-state index is 13.7. The second-order valence-electron chi connectivity index (χ2n) is 9.10. The summed E-state index contributed by atoms with van der Waals surface area (Å²) in [6, 6.07) is 25.1. The van der Waals surface area contributed by atoms with Gasteiger partial charge in [0.15, 0.2) is 0 Å². The predicted octanol–water partition coefficient (Wildman–Crippen LogP) is 5.71. The number of nitrogens with zero attached hydrogens (tertiary/aromatic N) is 1. The Hall–Kier alpha value is -2.92. The van der Waals surface area contributed by atoms with E-state index in [4.69, 9.17) is 0 Å². The zero-order valence-corrected chi connectivity index (χ0v) is 21.7. The van der Waals surface area contributed by atoms with Gasteiger partial charge in [-0.05, 0) is 47.2 Å². The van der Waals surface area contributed by atoms with Crippen molar-refractivity contribution in [3.63, 3.8) is 0 Å². The highest BCUT2D eigenvalue weighted by atomic mass is 79.9. The number of rotatable bonds is 10. The van der Waals surface area contributed by atoms with Gasteiger partial charge in [0.2, 0.25) is 11.8 Å². The fraction of sp³-hybridized carbons (Fsp3) is 0.310. The van der Waals surface area contributed by atoms with Crippen LogP contribution in [-0.2, 0) is 29.0 Å². The molecule has 2 amide bonds. The normalized spacial score (nSPS) is 11.8. The van der Waals surface area contributed by atoms with E-state index in [0.29, 0.717) is 25.4 Å². The summed E-state index contributed by atoms with van der Waals surface area (Å²) in [6.45, 7) is 7.08. The number of benzene rings is 3. The lowest BCUT2D eigenvalue weighted by molar-refractivity contribution is -0.140. The monoisotopic (exact) mass is 520 g/mol. The van der Waals surface area contributed by atoms with E-state index in [1.54, 1.807) is 4.90 Å². The number of hydrogen-bond acceptors (Lipinski definition) is 2. The average molecular weight is 521 g/mol. The molecule has 0 aliphatic heterocycles. The van der Waals surface area contributed by atoms with Crippen molar-refractivity contribution < 1.29 is 9.59 Å². The summed E-state index contributed by atoms with van der Waals surface area (Å²) in [5.74, 6) is 0.148. The summed E-state index contributed by atoms with van der Waals surface area (Å²) in [6.07, 6.45) is 0.715. The number of hydrogen-bond donors (Lipinski definition) is 1. The summed E-state index contributed by atoms with van der Waals surface area (Å²) in [7, 11) is 0. The van der Waals surface area contributed by atoms with Crippen LogP contribution in [0.1, 0.15) is 36.1 Å². The summed E-state index contributed by atoms with van der Waals surface area (Å²) in [4.78, 5) is 28.9. The van der Waals surface area contributed by atoms with Crippen LogP contribution in [0.15, 0.2) is 83.3 Å². The standard InChI is InChI=1S/C29H33BrN2O2/c1-21(2)19-31-29(34)27(17-23-10-5-4-6-11-23)32(20-24-13-15-26(30)16-14-24)28(33)18-25-12-8-7-9-22(25)3/h4-16,21,27H,17-20H2,1-3H3,(H,31,34). The molecule has 0 aliphatic rings. The van der Waals surface area contributed by atoms with Crippen molar-refractivity contribution in [3.05, 3.63) is 106 Å². The molecule has 0 saturated heterocycles. The van der Waals surface area contributed by atoms with Gasteiger partial charge in [-0.15, -0.1) is 0 Å². The van der Waals surface area contributed by atoms with Crippen molar-refractivity contribution in [1.82, 2.24) is 10.2 Å². The second kappa shape index (κ2) is 12.5.